The molecule has 11 nitrogen and oxygen atoms in total. The van der Waals surface area contributed by atoms with Crippen LogP contribution in [0.5, 0.6) is 0 Å². The van der Waals surface area contributed by atoms with E-state index in [2.05, 4.69) is 44.5 Å². The minimum atomic E-state index is -3.91. The summed E-state index contributed by atoms with van der Waals surface area (Å²) in [4.78, 5) is 29.6. The first kappa shape index (κ1) is 27.9. The van der Waals surface area contributed by atoms with Crippen molar-refractivity contribution in [2.75, 3.05) is 25.5 Å². The van der Waals surface area contributed by atoms with Crippen molar-refractivity contribution in [3.63, 3.8) is 0 Å². The van der Waals surface area contributed by atoms with E-state index in [9.17, 15) is 13.2 Å². The van der Waals surface area contributed by atoms with E-state index in [0.717, 1.165) is 43.0 Å². The number of hydrogen-bond acceptors (Lipinski definition) is 10. The fourth-order valence-corrected chi connectivity index (χ4v) is 8.31. The first-order valence-electron chi connectivity index (χ1n) is 14.4. The number of sulfone groups is 1. The highest BCUT2D eigenvalue weighted by Crippen LogP contribution is 2.39. The molecule has 1 N–H and O–H groups in total. The fourth-order valence-electron chi connectivity index (χ4n) is 5.92. The van der Waals surface area contributed by atoms with Crippen LogP contribution in [0.25, 0.3) is 11.0 Å². The van der Waals surface area contributed by atoms with Crippen LogP contribution < -0.4 is 10.9 Å². The molecular weight excluding hydrogens is 585 g/mol. The monoisotopic (exact) mass is 616 g/mol. The Kier molecular flexibility index (Phi) is 7.10. The predicted molar refractivity (Wildman–Crippen MR) is 165 cm³/mol. The van der Waals surface area contributed by atoms with E-state index < -0.39 is 9.84 Å². The number of nitrogens with zero attached hydrogens (tertiary/aromatic N) is 7. The zero-order valence-corrected chi connectivity index (χ0v) is 25.6. The van der Waals surface area contributed by atoms with Gasteiger partial charge >= 0.3 is 0 Å². The average molecular weight is 617 g/mol. The van der Waals surface area contributed by atoms with Crippen molar-refractivity contribution in [1.82, 2.24) is 34.2 Å². The van der Waals surface area contributed by atoms with Gasteiger partial charge in [0, 0.05) is 54.2 Å². The molecule has 1 aliphatic heterocycles. The molecule has 1 aliphatic carbocycles. The Bertz CT molecular complexity index is 1960. The fraction of sp³-hybridized carbons (Fsp3) is 0.367. The van der Waals surface area contributed by atoms with Crippen LogP contribution in [0, 0.1) is 0 Å². The highest BCUT2D eigenvalue weighted by atomic mass is 32.2. The summed E-state index contributed by atoms with van der Waals surface area (Å²) in [7, 11) is -0.0805. The van der Waals surface area contributed by atoms with Gasteiger partial charge in [0.05, 0.1) is 6.54 Å². The van der Waals surface area contributed by atoms with Crippen LogP contribution >= 0.6 is 11.3 Å². The van der Waals surface area contributed by atoms with Gasteiger partial charge in [0.25, 0.3) is 5.56 Å². The number of anilines is 2. The van der Waals surface area contributed by atoms with Gasteiger partial charge in [-0.1, -0.05) is 12.1 Å². The number of thiazole rings is 1. The molecule has 2 aliphatic rings. The first-order valence-corrected chi connectivity index (χ1v) is 16.8. The molecule has 1 saturated heterocycles. The number of nitrogens with one attached hydrogen (secondary N) is 1. The molecule has 1 aromatic carbocycles. The quantitative estimate of drug-likeness (QED) is 0.272. The number of likely N-dealkylation sites (tertiary alicyclic amines) is 1. The largest absolute Gasteiger partial charge is 0.324 e. The Morgan fingerprint density at radius 1 is 1.07 bits per heavy atom. The Hall–Kier alpha value is -3.94. The summed E-state index contributed by atoms with van der Waals surface area (Å²) < 4.78 is 29.8. The molecule has 0 spiro atoms. The van der Waals surface area contributed by atoms with Gasteiger partial charge in [-0.05, 0) is 74.9 Å². The SMILES string of the molecule is CN1CCCC(c2ccc(Nc3ncc4cc(C5CC5)c(=O)n(Cc5nn(C)cc5S(=O)(=O)c5nccs5)c4n3)cc2)C1. The predicted octanol–water partition coefficient (Wildman–Crippen LogP) is 4.29. The van der Waals surface area contributed by atoms with E-state index in [4.69, 9.17) is 4.98 Å². The lowest BCUT2D eigenvalue weighted by Crippen LogP contribution is -2.30. The molecule has 5 heterocycles. The van der Waals surface area contributed by atoms with Crippen LogP contribution in [0.3, 0.4) is 0 Å². The number of aryl methyl sites for hydroxylation is 1. The number of rotatable bonds is 8. The van der Waals surface area contributed by atoms with E-state index in [-0.39, 0.29) is 33.0 Å². The lowest BCUT2D eigenvalue weighted by molar-refractivity contribution is 0.251. The van der Waals surface area contributed by atoms with Crippen molar-refractivity contribution in [2.24, 2.45) is 7.05 Å². The van der Waals surface area contributed by atoms with E-state index in [1.54, 1.807) is 18.6 Å². The normalized spacial score (nSPS) is 17.9. The Morgan fingerprint density at radius 3 is 2.60 bits per heavy atom. The minimum absolute atomic E-state index is 0.0129. The molecular formula is C30H32N8O3S2. The molecule has 1 unspecified atom stereocenters. The molecule has 222 valence electrons. The summed E-state index contributed by atoms with van der Waals surface area (Å²) in [6.45, 7) is 2.15. The Balaban J connectivity index is 1.24. The summed E-state index contributed by atoms with van der Waals surface area (Å²) in [5.74, 6) is 1.06. The van der Waals surface area contributed by atoms with Crippen molar-refractivity contribution in [2.45, 2.75) is 53.3 Å². The van der Waals surface area contributed by atoms with Crippen molar-refractivity contribution in [3.8, 4) is 0 Å². The molecule has 1 atom stereocenters. The van der Waals surface area contributed by atoms with Gasteiger partial charge in [-0.25, -0.2) is 18.4 Å². The maximum atomic E-state index is 13.8. The van der Waals surface area contributed by atoms with Gasteiger partial charge in [0.2, 0.25) is 20.1 Å². The molecule has 0 bridgehead atoms. The summed E-state index contributed by atoms with van der Waals surface area (Å²) in [5, 5.41) is 10.1. The van der Waals surface area contributed by atoms with Crippen molar-refractivity contribution < 1.29 is 8.42 Å². The molecule has 5 aromatic rings. The van der Waals surface area contributed by atoms with E-state index in [1.165, 1.54) is 40.0 Å². The topological polar surface area (TPSA) is 128 Å². The minimum Gasteiger partial charge on any atom is -0.324 e. The maximum Gasteiger partial charge on any atom is 0.256 e. The van der Waals surface area contributed by atoms with Crippen LogP contribution in [-0.2, 0) is 23.4 Å². The average Bonchev–Trinajstić information content (AvgIpc) is 3.52. The van der Waals surface area contributed by atoms with Crippen molar-refractivity contribution >= 4 is 43.8 Å². The molecule has 4 aromatic heterocycles. The van der Waals surface area contributed by atoms with Gasteiger partial charge in [0.1, 0.15) is 16.2 Å². The third-order valence-corrected chi connectivity index (χ3v) is 11.2. The van der Waals surface area contributed by atoms with E-state index >= 15 is 0 Å². The zero-order valence-electron chi connectivity index (χ0n) is 24.0. The number of likely N-dealkylation sites (N-methyl/N-ethyl adjacent to an activating group) is 1. The Labute approximate surface area is 253 Å². The maximum absolute atomic E-state index is 13.8. The van der Waals surface area contributed by atoms with E-state index in [1.807, 2.05) is 18.2 Å². The molecule has 1 saturated carbocycles. The van der Waals surface area contributed by atoms with Crippen LogP contribution in [0.4, 0.5) is 11.6 Å². The number of aromatic nitrogens is 6. The molecule has 7 rings (SSSR count). The first-order chi connectivity index (χ1) is 20.8. The summed E-state index contributed by atoms with van der Waals surface area (Å²) in [5.41, 5.74) is 3.34. The highest BCUT2D eigenvalue weighted by molar-refractivity contribution is 7.93. The molecule has 0 radical (unpaired) electrons. The number of piperidine rings is 1. The molecule has 13 heteroatoms. The highest BCUT2D eigenvalue weighted by Gasteiger charge is 2.30. The number of benzene rings is 1. The smallest absolute Gasteiger partial charge is 0.256 e. The van der Waals surface area contributed by atoms with Crippen LogP contribution in [-0.4, -0.2) is 62.8 Å². The lowest BCUT2D eigenvalue weighted by Gasteiger charge is -2.30. The van der Waals surface area contributed by atoms with Gasteiger partial charge in [0.15, 0.2) is 0 Å². The lowest BCUT2D eigenvalue weighted by atomic mass is 9.91. The summed E-state index contributed by atoms with van der Waals surface area (Å²) in [6.07, 6.45) is 8.91. The van der Waals surface area contributed by atoms with Crippen molar-refractivity contribution in [1.29, 1.82) is 0 Å². The zero-order chi connectivity index (χ0) is 29.7. The molecule has 2 fully saturated rings. The standard InChI is InChI=1S/C30H32N8O3S2/c1-36-12-3-4-21(16-36)19-7-9-23(10-8-19)33-29-32-15-22-14-24(20-5-6-20)28(39)38(27(22)34-29)17-25-26(18-37(2)35-25)43(40,41)30-31-11-13-42-30/h7-11,13-15,18,20-21H,3-6,12,16-17H2,1-2H3,(H,32,33,34). The molecule has 43 heavy (non-hydrogen) atoms. The van der Waals surface area contributed by atoms with E-state index in [0.29, 0.717) is 28.5 Å². The van der Waals surface area contributed by atoms with Gasteiger partial charge in [-0.2, -0.15) is 10.1 Å². The second-order valence-electron chi connectivity index (χ2n) is 11.5. The van der Waals surface area contributed by atoms with Crippen molar-refractivity contribution in [3.05, 3.63) is 81.5 Å². The number of pyridine rings is 1. The second kappa shape index (κ2) is 11.0. The van der Waals surface area contributed by atoms with Gasteiger partial charge in [-0.3, -0.25) is 14.0 Å². The summed E-state index contributed by atoms with van der Waals surface area (Å²) >= 11 is 1.05. The van der Waals surface area contributed by atoms with Gasteiger partial charge in [-0.15, -0.1) is 11.3 Å². The number of hydrogen-bond donors (Lipinski definition) is 1. The Morgan fingerprint density at radius 2 is 1.88 bits per heavy atom. The van der Waals surface area contributed by atoms with Crippen LogP contribution in [0.2, 0.25) is 0 Å². The third-order valence-electron chi connectivity index (χ3n) is 8.24. The van der Waals surface area contributed by atoms with Crippen LogP contribution in [0.1, 0.15) is 54.3 Å². The second-order valence-corrected chi connectivity index (χ2v) is 14.5. The number of fused-ring (bicyclic) bond motifs is 1. The van der Waals surface area contributed by atoms with Crippen LogP contribution in [0.15, 0.2) is 68.3 Å². The third kappa shape index (κ3) is 5.48. The molecule has 0 amide bonds. The van der Waals surface area contributed by atoms with Gasteiger partial charge < -0.3 is 10.2 Å². The summed E-state index contributed by atoms with van der Waals surface area (Å²) in [6, 6.07) is 10.2.